The summed E-state index contributed by atoms with van der Waals surface area (Å²) in [6, 6.07) is 2.83. The van der Waals surface area contributed by atoms with Crippen molar-refractivity contribution in [2.75, 3.05) is 0 Å². The number of carbonyl (C=O) groups is 2. The molecule has 5 nitrogen and oxygen atoms in total. The van der Waals surface area contributed by atoms with Gasteiger partial charge in [0.2, 0.25) is 0 Å². The maximum atomic E-state index is 11.1. The Bertz CT molecular complexity index is 331. The molecule has 1 aromatic heterocycles. The zero-order valence-electron chi connectivity index (χ0n) is 8.40. The van der Waals surface area contributed by atoms with E-state index in [-0.39, 0.29) is 12.2 Å². The number of aliphatic carboxylic acids is 1. The first-order valence-corrected chi connectivity index (χ1v) is 4.57. The number of carboxylic acids is 1. The molecule has 0 aliphatic carbocycles. The molecule has 1 unspecified atom stereocenters. The lowest BCUT2D eigenvalue weighted by Crippen LogP contribution is -2.36. The van der Waals surface area contributed by atoms with Gasteiger partial charge in [0.25, 0.3) is 0 Å². The second-order valence-electron chi connectivity index (χ2n) is 3.22. The third-order valence-electron chi connectivity index (χ3n) is 1.97. The van der Waals surface area contributed by atoms with E-state index < -0.39 is 12.0 Å². The minimum absolute atomic E-state index is 0.191. The highest BCUT2D eigenvalue weighted by molar-refractivity contribution is 5.85. The summed E-state index contributed by atoms with van der Waals surface area (Å²) in [5.74, 6) is -0.516. The zero-order valence-corrected chi connectivity index (χ0v) is 8.40. The predicted octanol–water partition coefficient (Wildman–Crippen LogP) is 0.801. The van der Waals surface area contributed by atoms with Gasteiger partial charge in [0.1, 0.15) is 11.5 Å². The highest BCUT2D eigenvalue weighted by atomic mass is 16.4. The molecule has 0 radical (unpaired) electrons. The van der Waals surface area contributed by atoms with Crippen LogP contribution < -0.4 is 5.32 Å². The molecule has 15 heavy (non-hydrogen) atoms. The van der Waals surface area contributed by atoms with Crippen LogP contribution in [0.15, 0.2) is 22.8 Å². The number of carboxylic acid groups (broad SMARTS) is 1. The van der Waals surface area contributed by atoms with Crippen molar-refractivity contribution in [1.29, 1.82) is 0 Å². The summed E-state index contributed by atoms with van der Waals surface area (Å²) >= 11 is 0. The van der Waals surface area contributed by atoms with Crippen molar-refractivity contribution in [1.82, 2.24) is 5.32 Å². The fraction of sp³-hybridized carbons (Fsp3) is 0.400. The van der Waals surface area contributed by atoms with E-state index in [1.807, 2.05) is 0 Å². The van der Waals surface area contributed by atoms with Crippen molar-refractivity contribution >= 4 is 11.8 Å². The van der Waals surface area contributed by atoms with E-state index in [0.717, 1.165) is 0 Å². The Morgan fingerprint density at radius 2 is 2.33 bits per heavy atom. The van der Waals surface area contributed by atoms with Gasteiger partial charge in [-0.05, 0) is 19.1 Å². The number of rotatable bonds is 6. The average Bonchev–Trinajstić information content (AvgIpc) is 2.63. The quantitative estimate of drug-likeness (QED) is 0.727. The van der Waals surface area contributed by atoms with E-state index in [9.17, 15) is 9.59 Å². The van der Waals surface area contributed by atoms with Gasteiger partial charge in [0, 0.05) is 0 Å². The Morgan fingerprint density at radius 3 is 2.80 bits per heavy atom. The molecule has 1 aromatic rings. The van der Waals surface area contributed by atoms with Gasteiger partial charge in [-0.15, -0.1) is 0 Å². The maximum Gasteiger partial charge on any atom is 0.305 e. The molecule has 0 amide bonds. The molecule has 1 atom stereocenters. The molecule has 0 aromatic carbocycles. The van der Waals surface area contributed by atoms with Crippen LogP contribution in [0.1, 0.15) is 19.1 Å². The maximum absolute atomic E-state index is 11.1. The average molecular weight is 211 g/mol. The summed E-state index contributed by atoms with van der Waals surface area (Å²) in [7, 11) is 0. The molecular weight excluding hydrogens is 198 g/mol. The van der Waals surface area contributed by atoms with E-state index in [0.29, 0.717) is 12.3 Å². The van der Waals surface area contributed by atoms with Gasteiger partial charge in [0.15, 0.2) is 0 Å². The monoisotopic (exact) mass is 211 g/mol. The van der Waals surface area contributed by atoms with E-state index >= 15 is 0 Å². The molecule has 0 saturated carbocycles. The van der Waals surface area contributed by atoms with Gasteiger partial charge >= 0.3 is 5.97 Å². The number of hydrogen-bond acceptors (Lipinski definition) is 4. The fourth-order valence-corrected chi connectivity index (χ4v) is 1.17. The number of hydrogen-bond donors (Lipinski definition) is 2. The molecule has 2 N–H and O–H groups in total. The Morgan fingerprint density at radius 1 is 1.60 bits per heavy atom. The first-order valence-electron chi connectivity index (χ1n) is 4.57. The number of ketones is 1. The molecule has 5 heteroatoms. The number of carbonyl (C=O) groups excluding carboxylic acids is 1. The molecule has 0 aliphatic rings. The highest BCUT2D eigenvalue weighted by Crippen LogP contribution is 2.01. The Hall–Kier alpha value is -1.62. The molecule has 0 saturated heterocycles. The van der Waals surface area contributed by atoms with Gasteiger partial charge in [-0.1, -0.05) is 0 Å². The second-order valence-corrected chi connectivity index (χ2v) is 3.22. The smallest absolute Gasteiger partial charge is 0.305 e. The molecule has 1 heterocycles. The highest BCUT2D eigenvalue weighted by Gasteiger charge is 2.17. The van der Waals surface area contributed by atoms with Crippen LogP contribution in [0.25, 0.3) is 0 Å². The lowest BCUT2D eigenvalue weighted by molar-refractivity contribution is -0.139. The fourth-order valence-electron chi connectivity index (χ4n) is 1.17. The van der Waals surface area contributed by atoms with Crippen LogP contribution in [-0.4, -0.2) is 22.9 Å². The molecule has 0 bridgehead atoms. The van der Waals surface area contributed by atoms with Crippen LogP contribution in [0.4, 0.5) is 0 Å². The molecule has 1 rings (SSSR count). The molecule has 82 valence electrons. The summed E-state index contributed by atoms with van der Waals surface area (Å²) in [5, 5.41) is 11.4. The standard InChI is InChI=1S/C10H13NO4/c1-7(12)9(5-10(13)14)11-6-8-3-2-4-15-8/h2-4,9,11H,5-6H2,1H3,(H,13,14). The van der Waals surface area contributed by atoms with E-state index in [1.165, 1.54) is 13.2 Å². The van der Waals surface area contributed by atoms with Crippen molar-refractivity contribution in [3.8, 4) is 0 Å². The van der Waals surface area contributed by atoms with Crippen molar-refractivity contribution in [3.63, 3.8) is 0 Å². The first-order chi connectivity index (χ1) is 7.09. The van der Waals surface area contributed by atoms with Crippen molar-refractivity contribution in [3.05, 3.63) is 24.2 Å². The SMILES string of the molecule is CC(=O)C(CC(=O)O)NCc1ccco1. The van der Waals surface area contributed by atoms with Crippen LogP contribution >= 0.6 is 0 Å². The van der Waals surface area contributed by atoms with Gasteiger partial charge in [0.05, 0.1) is 25.3 Å². The van der Waals surface area contributed by atoms with Gasteiger partial charge in [-0.2, -0.15) is 0 Å². The molecule has 0 aliphatic heterocycles. The molecule has 0 fully saturated rings. The van der Waals surface area contributed by atoms with Crippen LogP contribution in [0, 0.1) is 0 Å². The van der Waals surface area contributed by atoms with Crippen molar-refractivity contribution < 1.29 is 19.1 Å². The zero-order chi connectivity index (χ0) is 11.3. The lowest BCUT2D eigenvalue weighted by Gasteiger charge is -2.12. The number of Topliss-reactive ketones (excluding diaryl/α,β-unsaturated/α-hetero) is 1. The van der Waals surface area contributed by atoms with Gasteiger partial charge < -0.3 is 9.52 Å². The molecular formula is C10H13NO4. The lowest BCUT2D eigenvalue weighted by atomic mass is 10.1. The largest absolute Gasteiger partial charge is 0.481 e. The Kier molecular flexibility index (Phi) is 4.05. The van der Waals surface area contributed by atoms with Crippen LogP contribution in [-0.2, 0) is 16.1 Å². The van der Waals surface area contributed by atoms with Crippen LogP contribution in [0.2, 0.25) is 0 Å². The number of furan rings is 1. The van der Waals surface area contributed by atoms with E-state index in [4.69, 9.17) is 9.52 Å². The van der Waals surface area contributed by atoms with E-state index in [2.05, 4.69) is 5.32 Å². The van der Waals surface area contributed by atoms with Gasteiger partial charge in [-0.3, -0.25) is 14.9 Å². The minimum atomic E-state index is -0.998. The van der Waals surface area contributed by atoms with Crippen molar-refractivity contribution in [2.45, 2.75) is 25.9 Å². The Balaban J connectivity index is 2.45. The van der Waals surface area contributed by atoms with Gasteiger partial charge in [-0.25, -0.2) is 0 Å². The second kappa shape index (κ2) is 5.31. The van der Waals surface area contributed by atoms with Crippen LogP contribution in [0.3, 0.4) is 0 Å². The minimum Gasteiger partial charge on any atom is -0.481 e. The summed E-state index contributed by atoms with van der Waals surface area (Å²) in [6.07, 6.45) is 1.31. The number of nitrogens with one attached hydrogen (secondary N) is 1. The summed E-state index contributed by atoms with van der Waals surface area (Å²) in [6.45, 7) is 1.72. The normalized spacial score (nSPS) is 12.3. The third-order valence-corrected chi connectivity index (χ3v) is 1.97. The topological polar surface area (TPSA) is 79.5 Å². The Labute approximate surface area is 87.1 Å². The summed E-state index contributed by atoms with van der Waals surface area (Å²) in [4.78, 5) is 21.5. The molecule has 0 spiro atoms. The summed E-state index contributed by atoms with van der Waals surface area (Å²) < 4.78 is 5.05. The first kappa shape index (κ1) is 11.5. The third kappa shape index (κ3) is 3.95. The van der Waals surface area contributed by atoms with Crippen molar-refractivity contribution in [2.24, 2.45) is 0 Å². The summed E-state index contributed by atoms with van der Waals surface area (Å²) in [5.41, 5.74) is 0. The van der Waals surface area contributed by atoms with E-state index in [1.54, 1.807) is 12.1 Å². The van der Waals surface area contributed by atoms with Crippen LogP contribution in [0.5, 0.6) is 0 Å². The predicted molar refractivity (Wildman–Crippen MR) is 52.3 cm³/mol.